The zero-order valence-corrected chi connectivity index (χ0v) is 27.4. The van der Waals surface area contributed by atoms with Crippen LogP contribution < -0.4 is 5.32 Å². The summed E-state index contributed by atoms with van der Waals surface area (Å²) >= 11 is 3.68. The number of ether oxygens (including phenoxy) is 2. The number of fused-ring (bicyclic) bond motifs is 1. The number of hydrogen-bond acceptors (Lipinski definition) is 7. The number of allylic oxidation sites excluding steroid dienone is 1. The molecule has 236 valence electrons. The van der Waals surface area contributed by atoms with E-state index in [1.54, 1.807) is 24.0 Å². The maximum Gasteiger partial charge on any atom is 0.312 e. The minimum atomic E-state index is -1.27. The summed E-state index contributed by atoms with van der Waals surface area (Å²) in [6, 6.07) is -1.68. The lowest BCUT2D eigenvalue weighted by Crippen LogP contribution is -2.62. The number of halogens is 1. The van der Waals surface area contributed by atoms with Crippen LogP contribution in [0.25, 0.3) is 0 Å². The number of aliphatic hydroxyl groups is 1. The first kappa shape index (κ1) is 34.3. The van der Waals surface area contributed by atoms with Crippen LogP contribution in [0.1, 0.15) is 67.2 Å². The van der Waals surface area contributed by atoms with Crippen LogP contribution in [0, 0.1) is 17.8 Å². The average molecular weight is 655 g/mol. The van der Waals surface area contributed by atoms with Gasteiger partial charge in [-0.05, 0) is 46.5 Å². The number of likely N-dealkylation sites (tertiary alicyclic amines) is 1. The first-order valence-corrected chi connectivity index (χ1v) is 15.9. The molecule has 1 spiro atoms. The number of carbonyl (C=O) groups excluding carboxylic acids is 4. The predicted octanol–water partition coefficient (Wildman–Crippen LogP) is 2.97. The zero-order valence-electron chi connectivity index (χ0n) is 25.8. The third kappa shape index (κ3) is 6.33. The average Bonchev–Trinajstić information content (AvgIpc) is 3.52. The van der Waals surface area contributed by atoms with Crippen molar-refractivity contribution in [3.8, 4) is 0 Å². The Labute approximate surface area is 258 Å². The van der Waals surface area contributed by atoms with Crippen molar-refractivity contribution in [2.75, 3.05) is 19.7 Å². The molecule has 9 atom stereocenters. The zero-order chi connectivity index (χ0) is 31.6. The van der Waals surface area contributed by atoms with Crippen LogP contribution in [0.4, 0.5) is 0 Å². The van der Waals surface area contributed by atoms with Gasteiger partial charge in [-0.1, -0.05) is 48.4 Å². The predicted molar refractivity (Wildman–Crippen MR) is 163 cm³/mol. The van der Waals surface area contributed by atoms with Crippen molar-refractivity contribution < 1.29 is 33.8 Å². The van der Waals surface area contributed by atoms with Gasteiger partial charge >= 0.3 is 5.97 Å². The Balaban J connectivity index is 2.00. The van der Waals surface area contributed by atoms with E-state index in [0.717, 1.165) is 0 Å². The van der Waals surface area contributed by atoms with Crippen LogP contribution in [-0.2, 0) is 28.7 Å². The highest BCUT2D eigenvalue weighted by atomic mass is 79.9. The van der Waals surface area contributed by atoms with E-state index in [0.29, 0.717) is 19.3 Å². The molecule has 1 unspecified atom stereocenters. The van der Waals surface area contributed by atoms with Gasteiger partial charge < -0.3 is 29.7 Å². The smallest absolute Gasteiger partial charge is 0.312 e. The van der Waals surface area contributed by atoms with E-state index in [1.807, 2.05) is 34.6 Å². The van der Waals surface area contributed by atoms with Crippen molar-refractivity contribution in [2.45, 2.75) is 107 Å². The van der Waals surface area contributed by atoms with Crippen LogP contribution in [0.3, 0.4) is 0 Å². The number of nitrogens with zero attached hydrogens (tertiary/aromatic N) is 2. The lowest BCUT2D eigenvalue weighted by Gasteiger charge is -2.44. The molecule has 10 nitrogen and oxygen atoms in total. The molecule has 0 saturated carbocycles. The number of esters is 1. The molecule has 3 amide bonds. The third-order valence-corrected chi connectivity index (χ3v) is 9.79. The van der Waals surface area contributed by atoms with E-state index in [-0.39, 0.29) is 54.6 Å². The molecule has 3 aliphatic rings. The van der Waals surface area contributed by atoms with Gasteiger partial charge in [0.15, 0.2) is 0 Å². The van der Waals surface area contributed by atoms with Gasteiger partial charge in [0.2, 0.25) is 17.7 Å². The van der Waals surface area contributed by atoms with Crippen molar-refractivity contribution >= 4 is 39.6 Å². The summed E-state index contributed by atoms with van der Waals surface area (Å²) in [5.41, 5.74) is -1.86. The molecule has 3 saturated heterocycles. The van der Waals surface area contributed by atoms with Crippen LogP contribution in [0.15, 0.2) is 25.3 Å². The maximum atomic E-state index is 14.5. The molecular formula is C31H48BrN3O7. The van der Waals surface area contributed by atoms with Crippen molar-refractivity contribution in [3.63, 3.8) is 0 Å². The van der Waals surface area contributed by atoms with Gasteiger partial charge in [-0.25, -0.2) is 0 Å². The number of nitrogens with one attached hydrogen (secondary N) is 1. The molecule has 0 radical (unpaired) electrons. The van der Waals surface area contributed by atoms with Crippen molar-refractivity contribution in [3.05, 3.63) is 25.3 Å². The number of alkyl halides is 1. The highest BCUT2D eigenvalue weighted by molar-refractivity contribution is 9.09. The normalized spacial score (nSPS) is 30.3. The van der Waals surface area contributed by atoms with Crippen molar-refractivity contribution in [1.82, 2.24) is 15.1 Å². The maximum absolute atomic E-state index is 14.5. The first-order valence-electron chi connectivity index (χ1n) is 14.9. The summed E-state index contributed by atoms with van der Waals surface area (Å²) in [6.07, 6.45) is 3.85. The summed E-state index contributed by atoms with van der Waals surface area (Å²) in [4.78, 5) is 57.6. The summed E-state index contributed by atoms with van der Waals surface area (Å²) < 4.78 is 12.4. The molecule has 0 aromatic carbocycles. The Morgan fingerprint density at radius 2 is 1.95 bits per heavy atom. The van der Waals surface area contributed by atoms with Crippen molar-refractivity contribution in [1.29, 1.82) is 0 Å². The number of rotatable bonds is 14. The van der Waals surface area contributed by atoms with Crippen molar-refractivity contribution in [2.24, 2.45) is 17.8 Å². The SMILES string of the molecule is C=CCCC(=O)NC[C@@H](C)OC(=O)[C@@H]1[C@H]2O[C@@]3(CC2Br)[C@H](C(=O)N(CC=C)C(C)(C)C)N([C@@H](CO)[C@@H](C)CC)C(=O)[C@@H]13. The molecule has 3 aliphatic heterocycles. The summed E-state index contributed by atoms with van der Waals surface area (Å²) in [5, 5.41) is 13.3. The van der Waals surface area contributed by atoms with Gasteiger partial charge in [0.1, 0.15) is 17.7 Å². The highest BCUT2D eigenvalue weighted by Gasteiger charge is 2.78. The van der Waals surface area contributed by atoms with Crippen LogP contribution in [0.5, 0.6) is 0 Å². The van der Waals surface area contributed by atoms with Gasteiger partial charge in [0.05, 0.1) is 37.1 Å². The second-order valence-corrected chi connectivity index (χ2v) is 14.0. The highest BCUT2D eigenvalue weighted by Crippen LogP contribution is 2.61. The van der Waals surface area contributed by atoms with Crippen LogP contribution in [0.2, 0.25) is 0 Å². The fraction of sp³-hybridized carbons (Fsp3) is 0.742. The Hall–Kier alpha value is -2.24. The minimum absolute atomic E-state index is 0.112. The molecule has 11 heteroatoms. The Morgan fingerprint density at radius 1 is 1.29 bits per heavy atom. The molecule has 3 rings (SSSR count). The standard InChI is InChI=1S/C31H48BrN3O7/c1-9-12-13-22(37)33-16-19(5)41-29(40)23-24-27(38)35(21(17-36)18(4)11-3)26(31(24)15-20(32)25(23)42-31)28(39)34(14-10-2)30(6,7)8/h9-10,18-21,23-26,36H,1-2,11-17H2,3-8H3,(H,33,37)/t18-,19+,20?,21-,23-,24+,25-,26-,31+/m0/s1. The van der Waals surface area contributed by atoms with E-state index < -0.39 is 53.2 Å². The van der Waals surface area contributed by atoms with Gasteiger partial charge in [0, 0.05) is 23.3 Å². The monoisotopic (exact) mass is 653 g/mol. The molecule has 0 aromatic rings. The molecular weight excluding hydrogens is 606 g/mol. The molecule has 42 heavy (non-hydrogen) atoms. The Kier molecular flexibility index (Phi) is 11.1. The van der Waals surface area contributed by atoms with Crippen LogP contribution in [-0.4, -0.2) is 98.6 Å². The Morgan fingerprint density at radius 3 is 2.50 bits per heavy atom. The van der Waals surface area contributed by atoms with E-state index in [2.05, 4.69) is 34.4 Å². The molecule has 0 aliphatic carbocycles. The molecule has 2 N–H and O–H groups in total. The lowest BCUT2D eigenvalue weighted by molar-refractivity contribution is -0.160. The lowest BCUT2D eigenvalue weighted by atomic mass is 9.70. The number of amides is 3. The minimum Gasteiger partial charge on any atom is -0.460 e. The third-order valence-electron chi connectivity index (χ3n) is 8.95. The van der Waals surface area contributed by atoms with Gasteiger partial charge in [-0.2, -0.15) is 0 Å². The van der Waals surface area contributed by atoms with E-state index in [4.69, 9.17) is 9.47 Å². The second kappa shape index (κ2) is 13.6. The summed E-state index contributed by atoms with van der Waals surface area (Å²) in [5.74, 6) is -3.47. The topological polar surface area (TPSA) is 125 Å². The fourth-order valence-corrected chi connectivity index (χ4v) is 7.60. The molecule has 3 heterocycles. The van der Waals surface area contributed by atoms with Gasteiger partial charge in [-0.3, -0.25) is 19.2 Å². The number of aliphatic hydroxyl groups excluding tert-OH is 1. The van der Waals surface area contributed by atoms with E-state index in [1.165, 1.54) is 4.90 Å². The Bertz CT molecular complexity index is 1060. The van der Waals surface area contributed by atoms with E-state index >= 15 is 0 Å². The van der Waals surface area contributed by atoms with Gasteiger partial charge in [0.25, 0.3) is 0 Å². The molecule has 0 aromatic heterocycles. The summed E-state index contributed by atoms with van der Waals surface area (Å²) in [6.45, 7) is 18.8. The van der Waals surface area contributed by atoms with Gasteiger partial charge in [-0.15, -0.1) is 13.2 Å². The van der Waals surface area contributed by atoms with E-state index in [9.17, 15) is 24.3 Å². The van der Waals surface area contributed by atoms with Crippen LogP contribution >= 0.6 is 15.9 Å². The second-order valence-electron chi connectivity index (χ2n) is 12.8. The molecule has 3 fully saturated rings. The number of hydrogen-bond donors (Lipinski definition) is 2. The summed E-state index contributed by atoms with van der Waals surface area (Å²) in [7, 11) is 0. The fourth-order valence-electron chi connectivity index (χ4n) is 6.66. The first-order chi connectivity index (χ1) is 19.7. The largest absolute Gasteiger partial charge is 0.460 e. The quantitative estimate of drug-likeness (QED) is 0.168. The number of carbonyl (C=O) groups is 4. The molecule has 2 bridgehead atoms.